The van der Waals surface area contributed by atoms with Gasteiger partial charge in [-0.15, -0.1) is 0 Å². The molecule has 2 aliphatic heterocycles. The van der Waals surface area contributed by atoms with Gasteiger partial charge in [-0.3, -0.25) is 9.59 Å². The van der Waals surface area contributed by atoms with Gasteiger partial charge in [0.05, 0.1) is 6.04 Å². The highest BCUT2D eigenvalue weighted by molar-refractivity contribution is 5.91. The van der Waals surface area contributed by atoms with E-state index < -0.39 is 0 Å². The van der Waals surface area contributed by atoms with Crippen LogP contribution in [0.25, 0.3) is 0 Å². The Kier molecular flexibility index (Phi) is 4.94. The molecule has 24 heavy (non-hydrogen) atoms. The second-order valence-electron chi connectivity index (χ2n) is 6.34. The zero-order chi connectivity index (χ0) is 17.1. The van der Waals surface area contributed by atoms with Gasteiger partial charge in [-0.1, -0.05) is 6.58 Å². The summed E-state index contributed by atoms with van der Waals surface area (Å²) in [5.74, 6) is 0.299. The van der Waals surface area contributed by atoms with Gasteiger partial charge in [-0.25, -0.2) is 9.67 Å². The Hall–Kier alpha value is -2.22. The van der Waals surface area contributed by atoms with E-state index in [-0.39, 0.29) is 29.8 Å². The van der Waals surface area contributed by atoms with Gasteiger partial charge in [0.25, 0.3) is 5.91 Å². The smallest absolute Gasteiger partial charge is 0.289 e. The highest BCUT2D eigenvalue weighted by Crippen LogP contribution is 2.22. The highest BCUT2D eigenvalue weighted by atomic mass is 16.5. The molecular weight excluding hydrogens is 310 g/mol. The first kappa shape index (κ1) is 16.6. The summed E-state index contributed by atoms with van der Waals surface area (Å²) in [4.78, 5) is 29.9. The van der Waals surface area contributed by atoms with E-state index in [0.717, 1.165) is 12.8 Å². The number of aromatic nitrogens is 3. The molecule has 130 valence electrons. The first-order valence-electron chi connectivity index (χ1n) is 8.29. The number of carbonyl (C=O) groups excluding carboxylic acids is 2. The molecule has 0 saturated carbocycles. The molecule has 0 radical (unpaired) electrons. The minimum atomic E-state index is -0.222. The monoisotopic (exact) mass is 333 g/mol. The van der Waals surface area contributed by atoms with Crippen LogP contribution < -0.4 is 5.32 Å². The Bertz CT molecular complexity index is 617. The van der Waals surface area contributed by atoms with Crippen molar-refractivity contribution in [3.63, 3.8) is 0 Å². The third-order valence-corrected chi connectivity index (χ3v) is 4.77. The normalized spacial score (nSPS) is 20.3. The summed E-state index contributed by atoms with van der Waals surface area (Å²) in [6.45, 7) is 8.06. The molecule has 8 nitrogen and oxygen atoms in total. The van der Waals surface area contributed by atoms with E-state index in [1.807, 2.05) is 6.92 Å². The summed E-state index contributed by atoms with van der Waals surface area (Å²) in [6, 6.07) is 0.118. The maximum absolute atomic E-state index is 12.5. The molecule has 1 unspecified atom stereocenters. The van der Waals surface area contributed by atoms with Gasteiger partial charge in [0.15, 0.2) is 0 Å². The summed E-state index contributed by atoms with van der Waals surface area (Å²) in [5.41, 5.74) is 0. The summed E-state index contributed by atoms with van der Waals surface area (Å²) in [6.07, 6.45) is 4.40. The molecule has 0 aliphatic carbocycles. The number of hydrogen-bond donors (Lipinski definition) is 1. The molecule has 1 N–H and O–H groups in total. The average Bonchev–Trinajstić information content (AvgIpc) is 3.03. The fraction of sp³-hybridized carbons (Fsp3) is 0.625. The number of amides is 2. The maximum Gasteiger partial charge on any atom is 0.289 e. The standard InChI is InChI=1S/C16H23N5O3/c1-3-14(22)20-8-12(9-20)11(2)19-16(23)15-17-10-18-21(15)13-4-6-24-7-5-13/h3,10-13H,1,4-9H2,2H3,(H,19,23). The Morgan fingerprint density at radius 3 is 2.79 bits per heavy atom. The molecule has 3 heterocycles. The van der Waals surface area contributed by atoms with Gasteiger partial charge in [-0.2, -0.15) is 5.10 Å². The number of rotatable bonds is 5. The van der Waals surface area contributed by atoms with Crippen molar-refractivity contribution in [1.82, 2.24) is 25.0 Å². The number of likely N-dealkylation sites (tertiary alicyclic amines) is 1. The summed E-state index contributed by atoms with van der Waals surface area (Å²) >= 11 is 0. The van der Waals surface area contributed by atoms with E-state index in [0.29, 0.717) is 32.1 Å². The highest BCUT2D eigenvalue weighted by Gasteiger charge is 2.34. The summed E-state index contributed by atoms with van der Waals surface area (Å²) < 4.78 is 7.06. The maximum atomic E-state index is 12.5. The van der Waals surface area contributed by atoms with E-state index in [1.54, 1.807) is 9.58 Å². The van der Waals surface area contributed by atoms with Crippen LogP contribution in [0, 0.1) is 5.92 Å². The topological polar surface area (TPSA) is 89.4 Å². The lowest BCUT2D eigenvalue weighted by Crippen LogP contribution is -2.57. The van der Waals surface area contributed by atoms with Crippen molar-refractivity contribution in [2.24, 2.45) is 5.92 Å². The quantitative estimate of drug-likeness (QED) is 0.788. The number of nitrogens with one attached hydrogen (secondary N) is 1. The third kappa shape index (κ3) is 3.33. The molecular formula is C16H23N5O3. The van der Waals surface area contributed by atoms with Gasteiger partial charge < -0.3 is 15.0 Å². The van der Waals surface area contributed by atoms with Gasteiger partial charge >= 0.3 is 0 Å². The second-order valence-corrected chi connectivity index (χ2v) is 6.34. The van der Waals surface area contributed by atoms with Crippen LogP contribution in [0.2, 0.25) is 0 Å². The third-order valence-electron chi connectivity index (χ3n) is 4.77. The Balaban J connectivity index is 1.57. The van der Waals surface area contributed by atoms with Crippen molar-refractivity contribution in [3.05, 3.63) is 24.8 Å². The van der Waals surface area contributed by atoms with Crippen LogP contribution in [0.3, 0.4) is 0 Å². The van der Waals surface area contributed by atoms with Crippen molar-refractivity contribution in [2.45, 2.75) is 31.8 Å². The zero-order valence-electron chi connectivity index (χ0n) is 13.9. The van der Waals surface area contributed by atoms with Gasteiger partial charge in [0.2, 0.25) is 11.7 Å². The lowest BCUT2D eigenvalue weighted by Gasteiger charge is -2.42. The zero-order valence-corrected chi connectivity index (χ0v) is 13.9. The van der Waals surface area contributed by atoms with E-state index >= 15 is 0 Å². The Morgan fingerprint density at radius 1 is 1.42 bits per heavy atom. The van der Waals surface area contributed by atoms with Crippen molar-refractivity contribution < 1.29 is 14.3 Å². The van der Waals surface area contributed by atoms with Gasteiger partial charge in [0, 0.05) is 38.3 Å². The molecule has 0 spiro atoms. The fourth-order valence-corrected chi connectivity index (χ4v) is 3.14. The van der Waals surface area contributed by atoms with Gasteiger partial charge in [0.1, 0.15) is 6.33 Å². The molecule has 1 atom stereocenters. The summed E-state index contributed by atoms with van der Waals surface area (Å²) in [7, 11) is 0. The predicted molar refractivity (Wildman–Crippen MR) is 86.3 cm³/mol. The lowest BCUT2D eigenvalue weighted by atomic mass is 9.92. The average molecular weight is 333 g/mol. The van der Waals surface area contributed by atoms with Crippen LogP contribution in [0.15, 0.2) is 19.0 Å². The lowest BCUT2D eigenvalue weighted by molar-refractivity contribution is -0.132. The van der Waals surface area contributed by atoms with E-state index in [9.17, 15) is 9.59 Å². The molecule has 8 heteroatoms. The number of carbonyl (C=O) groups is 2. The van der Waals surface area contributed by atoms with Crippen molar-refractivity contribution in [2.75, 3.05) is 26.3 Å². The van der Waals surface area contributed by atoms with Crippen LogP contribution in [0.1, 0.15) is 36.4 Å². The summed E-state index contributed by atoms with van der Waals surface area (Å²) in [5, 5.41) is 7.20. The first-order valence-corrected chi connectivity index (χ1v) is 8.29. The number of ether oxygens (including phenoxy) is 1. The Morgan fingerprint density at radius 2 is 2.12 bits per heavy atom. The number of nitrogens with zero attached hydrogens (tertiary/aromatic N) is 4. The Labute approximate surface area is 140 Å². The molecule has 2 fully saturated rings. The molecule has 2 saturated heterocycles. The fourth-order valence-electron chi connectivity index (χ4n) is 3.14. The predicted octanol–water partition coefficient (Wildman–Crippen LogP) is 0.392. The van der Waals surface area contributed by atoms with Crippen LogP contribution in [0.5, 0.6) is 0 Å². The SMILES string of the molecule is C=CC(=O)N1CC(C(C)NC(=O)c2ncnn2C2CCOCC2)C1. The minimum Gasteiger partial charge on any atom is -0.381 e. The van der Waals surface area contributed by atoms with E-state index in [4.69, 9.17) is 4.74 Å². The van der Waals surface area contributed by atoms with Gasteiger partial charge in [-0.05, 0) is 25.8 Å². The molecule has 2 amide bonds. The van der Waals surface area contributed by atoms with Crippen LogP contribution in [0.4, 0.5) is 0 Å². The van der Waals surface area contributed by atoms with Crippen LogP contribution in [-0.4, -0.2) is 63.8 Å². The molecule has 0 aromatic carbocycles. The minimum absolute atomic E-state index is 0.0359. The molecule has 1 aromatic rings. The molecule has 1 aromatic heterocycles. The van der Waals surface area contributed by atoms with Crippen molar-refractivity contribution in [3.8, 4) is 0 Å². The molecule has 3 rings (SSSR count). The number of hydrogen-bond acceptors (Lipinski definition) is 5. The van der Waals surface area contributed by atoms with Crippen LogP contribution >= 0.6 is 0 Å². The molecule has 2 aliphatic rings. The molecule has 0 bridgehead atoms. The largest absolute Gasteiger partial charge is 0.381 e. The van der Waals surface area contributed by atoms with Crippen molar-refractivity contribution >= 4 is 11.8 Å². The van der Waals surface area contributed by atoms with Crippen molar-refractivity contribution in [1.29, 1.82) is 0 Å². The van der Waals surface area contributed by atoms with Crippen LogP contribution in [-0.2, 0) is 9.53 Å². The first-order chi connectivity index (χ1) is 11.6. The van der Waals surface area contributed by atoms with E-state index in [1.165, 1.54) is 12.4 Å². The van der Waals surface area contributed by atoms with E-state index in [2.05, 4.69) is 22.0 Å². The second kappa shape index (κ2) is 7.12.